The van der Waals surface area contributed by atoms with Crippen molar-refractivity contribution in [1.29, 1.82) is 0 Å². The molecule has 31 heavy (non-hydrogen) atoms. The van der Waals surface area contributed by atoms with Gasteiger partial charge >= 0.3 is 5.97 Å². The molecule has 0 atom stereocenters. The van der Waals surface area contributed by atoms with E-state index in [1.165, 1.54) is 7.11 Å². The van der Waals surface area contributed by atoms with Crippen LogP contribution in [0, 0.1) is 0 Å². The minimum Gasteiger partial charge on any atom is -0.507 e. The Kier molecular flexibility index (Phi) is 5.18. The fourth-order valence-corrected chi connectivity index (χ4v) is 4.31. The zero-order valence-electron chi connectivity index (χ0n) is 17.8. The van der Waals surface area contributed by atoms with E-state index in [2.05, 4.69) is 36.7 Å². The topological polar surface area (TPSA) is 66.8 Å². The van der Waals surface area contributed by atoms with Crippen LogP contribution in [0.5, 0.6) is 11.5 Å². The van der Waals surface area contributed by atoms with E-state index in [1.807, 2.05) is 42.5 Å². The number of halogens is 1. The van der Waals surface area contributed by atoms with Crippen molar-refractivity contribution in [3.8, 4) is 22.6 Å². The number of hydrogen-bond acceptors (Lipinski definition) is 4. The molecule has 0 aromatic heterocycles. The Hall–Kier alpha value is -3.05. The molecular formula is C26H23BrO4. The van der Waals surface area contributed by atoms with Crippen LogP contribution in [0.4, 0.5) is 0 Å². The van der Waals surface area contributed by atoms with Gasteiger partial charge in [0.25, 0.3) is 0 Å². The van der Waals surface area contributed by atoms with E-state index >= 15 is 0 Å². The van der Waals surface area contributed by atoms with Crippen molar-refractivity contribution in [3.63, 3.8) is 0 Å². The number of phenolic OH excluding ortho intramolecular Hbond substituents is 2. The fourth-order valence-electron chi connectivity index (χ4n) is 3.93. The number of carbonyl (C=O) groups excluding carboxylic acids is 1. The molecule has 0 saturated heterocycles. The number of carbonyl (C=O) groups is 1. The van der Waals surface area contributed by atoms with Gasteiger partial charge in [0.2, 0.25) is 0 Å². The van der Waals surface area contributed by atoms with Crippen molar-refractivity contribution in [2.45, 2.75) is 26.2 Å². The fraction of sp³-hybridized carbons (Fsp3) is 0.192. The van der Waals surface area contributed by atoms with E-state index < -0.39 is 5.97 Å². The summed E-state index contributed by atoms with van der Waals surface area (Å²) >= 11 is 3.48. The molecule has 158 valence electrons. The van der Waals surface area contributed by atoms with Crippen molar-refractivity contribution >= 4 is 43.4 Å². The summed E-state index contributed by atoms with van der Waals surface area (Å²) in [5.41, 5.74) is 1.94. The SMILES string of the molecule is COC(=O)c1cc2cc(C(C)(C)C)ccc2c(-c2c(O)ccc3cc(Br)ccc23)c1O. The zero-order chi connectivity index (χ0) is 22.5. The smallest absolute Gasteiger partial charge is 0.341 e. The van der Waals surface area contributed by atoms with Gasteiger partial charge in [-0.3, -0.25) is 0 Å². The minimum absolute atomic E-state index is 0.0216. The first-order valence-corrected chi connectivity index (χ1v) is 10.7. The summed E-state index contributed by atoms with van der Waals surface area (Å²) in [7, 11) is 1.28. The first-order valence-electron chi connectivity index (χ1n) is 9.92. The van der Waals surface area contributed by atoms with Crippen molar-refractivity contribution in [2.24, 2.45) is 0 Å². The maximum absolute atomic E-state index is 12.5. The van der Waals surface area contributed by atoms with Crippen LogP contribution >= 0.6 is 15.9 Å². The molecule has 0 spiro atoms. The minimum atomic E-state index is -0.635. The van der Waals surface area contributed by atoms with Gasteiger partial charge in [-0.2, -0.15) is 0 Å². The van der Waals surface area contributed by atoms with Crippen LogP contribution in [-0.4, -0.2) is 23.3 Å². The molecule has 0 aliphatic heterocycles. The number of esters is 1. The number of aromatic hydroxyl groups is 2. The van der Waals surface area contributed by atoms with Crippen LogP contribution in [0.15, 0.2) is 59.1 Å². The van der Waals surface area contributed by atoms with Gasteiger partial charge in [-0.1, -0.05) is 67.0 Å². The highest BCUT2D eigenvalue weighted by Crippen LogP contribution is 2.47. The van der Waals surface area contributed by atoms with Gasteiger partial charge in [0.1, 0.15) is 17.1 Å². The molecule has 2 N–H and O–H groups in total. The first kappa shape index (κ1) is 21.2. The normalized spacial score (nSPS) is 11.8. The molecule has 0 aliphatic carbocycles. The van der Waals surface area contributed by atoms with Crippen molar-refractivity contribution in [2.75, 3.05) is 7.11 Å². The third-order valence-electron chi connectivity index (χ3n) is 5.59. The van der Waals surface area contributed by atoms with Gasteiger partial charge in [-0.15, -0.1) is 0 Å². The molecule has 0 fully saturated rings. The maximum Gasteiger partial charge on any atom is 0.341 e. The number of rotatable bonds is 2. The Bertz CT molecular complexity index is 1350. The van der Waals surface area contributed by atoms with Crippen LogP contribution < -0.4 is 0 Å². The number of phenols is 2. The second kappa shape index (κ2) is 7.57. The summed E-state index contributed by atoms with van der Waals surface area (Å²) in [5, 5.41) is 25.2. The summed E-state index contributed by atoms with van der Waals surface area (Å²) in [6.07, 6.45) is 0. The molecule has 0 amide bonds. The molecule has 5 heteroatoms. The van der Waals surface area contributed by atoms with Gasteiger partial charge in [0.15, 0.2) is 0 Å². The lowest BCUT2D eigenvalue weighted by atomic mass is 9.84. The standard InChI is InChI=1S/C26H23BrO4/c1-26(2,3)16-6-8-19-15(11-16)13-20(25(30)31-4)24(29)23(19)22-18-9-7-17(27)12-14(18)5-10-21(22)28/h5-13,28-29H,1-4H3. The van der Waals surface area contributed by atoms with Crippen LogP contribution in [0.1, 0.15) is 36.7 Å². The lowest BCUT2D eigenvalue weighted by Crippen LogP contribution is -2.11. The number of benzene rings is 4. The summed E-state index contributed by atoms with van der Waals surface area (Å²) in [5.74, 6) is -0.828. The van der Waals surface area contributed by atoms with E-state index in [4.69, 9.17) is 4.74 Å². The monoisotopic (exact) mass is 478 g/mol. The van der Waals surface area contributed by atoms with Gasteiger partial charge in [0.05, 0.1) is 7.11 Å². The molecule has 0 radical (unpaired) electrons. The van der Waals surface area contributed by atoms with E-state index in [1.54, 1.807) is 12.1 Å². The predicted molar refractivity (Wildman–Crippen MR) is 128 cm³/mol. The van der Waals surface area contributed by atoms with E-state index in [-0.39, 0.29) is 22.5 Å². The Balaban J connectivity index is 2.18. The van der Waals surface area contributed by atoms with Gasteiger partial charge in [-0.25, -0.2) is 4.79 Å². The van der Waals surface area contributed by atoms with E-state index in [0.29, 0.717) is 11.1 Å². The Morgan fingerprint density at radius 2 is 1.55 bits per heavy atom. The highest BCUT2D eigenvalue weighted by atomic mass is 79.9. The third kappa shape index (κ3) is 3.63. The largest absolute Gasteiger partial charge is 0.507 e. The molecular weight excluding hydrogens is 456 g/mol. The number of methoxy groups -OCH3 is 1. The van der Waals surface area contributed by atoms with Crippen LogP contribution in [0.3, 0.4) is 0 Å². The van der Waals surface area contributed by atoms with Gasteiger partial charge in [0, 0.05) is 15.6 Å². The Morgan fingerprint density at radius 3 is 2.23 bits per heavy atom. The van der Waals surface area contributed by atoms with Gasteiger partial charge in [-0.05, 0) is 56.8 Å². The first-order chi connectivity index (χ1) is 14.6. The number of fused-ring (bicyclic) bond motifs is 2. The molecule has 0 aliphatic rings. The summed E-state index contributed by atoms with van der Waals surface area (Å²) < 4.78 is 5.83. The number of ether oxygens (including phenoxy) is 1. The second-order valence-electron chi connectivity index (χ2n) is 8.65. The van der Waals surface area contributed by atoms with E-state index in [0.717, 1.165) is 31.6 Å². The highest BCUT2D eigenvalue weighted by Gasteiger charge is 2.24. The molecule has 4 aromatic rings. The molecule has 0 unspecified atom stereocenters. The predicted octanol–water partition coefficient (Wildman–Crippen LogP) is 6.92. The average Bonchev–Trinajstić information content (AvgIpc) is 2.72. The lowest BCUT2D eigenvalue weighted by Gasteiger charge is -2.21. The Morgan fingerprint density at radius 1 is 0.871 bits per heavy atom. The zero-order valence-corrected chi connectivity index (χ0v) is 19.4. The Labute approximate surface area is 189 Å². The average molecular weight is 479 g/mol. The van der Waals surface area contributed by atoms with Gasteiger partial charge < -0.3 is 14.9 Å². The van der Waals surface area contributed by atoms with Crippen LogP contribution in [-0.2, 0) is 10.2 Å². The summed E-state index contributed by atoms with van der Waals surface area (Å²) in [6, 6.07) is 16.7. The van der Waals surface area contributed by atoms with Crippen molar-refractivity contribution in [1.82, 2.24) is 0 Å². The molecule has 0 heterocycles. The quantitative estimate of drug-likeness (QED) is 0.307. The molecule has 0 saturated carbocycles. The van der Waals surface area contributed by atoms with Crippen LogP contribution in [0.2, 0.25) is 0 Å². The van der Waals surface area contributed by atoms with Crippen LogP contribution in [0.25, 0.3) is 32.7 Å². The highest BCUT2D eigenvalue weighted by molar-refractivity contribution is 9.10. The third-order valence-corrected chi connectivity index (χ3v) is 6.09. The molecule has 4 nitrogen and oxygen atoms in total. The van der Waals surface area contributed by atoms with E-state index in [9.17, 15) is 15.0 Å². The second-order valence-corrected chi connectivity index (χ2v) is 9.57. The number of hydrogen-bond donors (Lipinski definition) is 2. The molecule has 4 aromatic carbocycles. The van der Waals surface area contributed by atoms with Crippen molar-refractivity contribution in [3.05, 3.63) is 70.2 Å². The van der Waals surface area contributed by atoms with Crippen molar-refractivity contribution < 1.29 is 19.7 Å². The summed E-state index contributed by atoms with van der Waals surface area (Å²) in [4.78, 5) is 12.5. The molecule has 0 bridgehead atoms. The molecule has 4 rings (SSSR count). The summed E-state index contributed by atoms with van der Waals surface area (Å²) in [6.45, 7) is 6.35. The maximum atomic E-state index is 12.5. The lowest BCUT2D eigenvalue weighted by molar-refractivity contribution is 0.0597.